The second kappa shape index (κ2) is 7.46. The molecule has 1 aromatic carbocycles. The zero-order valence-electron chi connectivity index (χ0n) is 14.4. The third kappa shape index (κ3) is 3.92. The van der Waals surface area contributed by atoms with E-state index in [1.54, 1.807) is 18.3 Å². The molecule has 1 atom stereocenters. The summed E-state index contributed by atoms with van der Waals surface area (Å²) in [7, 11) is -3.55. The first kappa shape index (κ1) is 18.2. The van der Waals surface area contributed by atoms with Crippen LogP contribution in [-0.2, 0) is 15.8 Å². The third-order valence-electron chi connectivity index (χ3n) is 4.53. The van der Waals surface area contributed by atoms with Crippen LogP contribution in [0.15, 0.2) is 47.2 Å². The van der Waals surface area contributed by atoms with E-state index in [1.165, 1.54) is 10.5 Å². The Morgan fingerprint density at radius 2 is 2.15 bits per heavy atom. The fourth-order valence-corrected chi connectivity index (χ4v) is 4.90. The van der Waals surface area contributed by atoms with Crippen LogP contribution in [0.1, 0.15) is 18.5 Å². The van der Waals surface area contributed by atoms with Crippen LogP contribution in [0, 0.1) is 0 Å². The van der Waals surface area contributed by atoms with Crippen molar-refractivity contribution < 1.29 is 17.7 Å². The molecule has 1 unspecified atom stereocenters. The van der Waals surface area contributed by atoms with Crippen LogP contribution in [0.3, 0.4) is 0 Å². The first-order valence-corrected chi connectivity index (χ1v) is 10.6. The molecule has 142 valence electrons. The summed E-state index contributed by atoms with van der Waals surface area (Å²) in [5.41, 5.74) is 1.00. The Bertz CT molecular complexity index is 1050. The van der Waals surface area contributed by atoms with Crippen LogP contribution in [0.25, 0.3) is 11.0 Å². The van der Waals surface area contributed by atoms with Crippen LogP contribution in [-0.4, -0.2) is 42.1 Å². The van der Waals surface area contributed by atoms with Crippen molar-refractivity contribution >= 4 is 32.6 Å². The number of halogens is 1. The van der Waals surface area contributed by atoms with Gasteiger partial charge in [-0.3, -0.25) is 4.98 Å². The lowest BCUT2D eigenvalue weighted by atomic mass is 10.1. The maximum absolute atomic E-state index is 12.9. The Balaban J connectivity index is 1.49. The van der Waals surface area contributed by atoms with E-state index in [2.05, 4.69) is 10.1 Å². The highest BCUT2D eigenvalue weighted by atomic mass is 35.5. The number of ether oxygens (including phenoxy) is 1. The van der Waals surface area contributed by atoms with Crippen molar-refractivity contribution in [2.45, 2.75) is 24.7 Å². The molecule has 1 aliphatic rings. The number of pyridine rings is 1. The minimum atomic E-state index is -3.55. The Morgan fingerprint density at radius 3 is 3.00 bits per heavy atom. The molecule has 1 fully saturated rings. The molecular formula is C18H18ClN3O4S. The highest BCUT2D eigenvalue weighted by molar-refractivity contribution is 7.88. The predicted octanol–water partition coefficient (Wildman–Crippen LogP) is 3.25. The minimum Gasteiger partial charge on any atom is -0.487 e. The number of para-hydroxylation sites is 1. The van der Waals surface area contributed by atoms with Gasteiger partial charge in [0.15, 0.2) is 5.58 Å². The van der Waals surface area contributed by atoms with Crippen LogP contribution >= 0.6 is 11.6 Å². The standard InChI is InChI=1S/C18H18ClN3O4S/c19-15-10-20-8-7-18(15)25-13-4-3-9-22(11-13)27(23,24)12-16-14-5-1-2-6-17(14)26-21-16/h1-2,5-8,10,13H,3-4,9,11-12H2. The molecule has 0 saturated carbocycles. The number of rotatable bonds is 5. The molecule has 27 heavy (non-hydrogen) atoms. The Kier molecular flexibility index (Phi) is 5.03. The van der Waals surface area contributed by atoms with Crippen molar-refractivity contribution in [1.82, 2.24) is 14.4 Å². The molecule has 3 aromatic rings. The first-order chi connectivity index (χ1) is 13.0. The van der Waals surface area contributed by atoms with E-state index in [1.807, 2.05) is 18.2 Å². The molecule has 7 nitrogen and oxygen atoms in total. The summed E-state index contributed by atoms with van der Waals surface area (Å²) in [4.78, 5) is 3.92. The van der Waals surface area contributed by atoms with Gasteiger partial charge in [0, 0.05) is 30.4 Å². The van der Waals surface area contributed by atoms with Crippen molar-refractivity contribution in [3.05, 3.63) is 53.4 Å². The lowest BCUT2D eigenvalue weighted by molar-refractivity contribution is 0.129. The molecule has 3 heterocycles. The average molecular weight is 408 g/mol. The van der Waals surface area contributed by atoms with Crippen molar-refractivity contribution in [2.75, 3.05) is 13.1 Å². The van der Waals surface area contributed by atoms with Crippen LogP contribution < -0.4 is 4.74 Å². The van der Waals surface area contributed by atoms with Crippen molar-refractivity contribution in [3.63, 3.8) is 0 Å². The third-order valence-corrected chi connectivity index (χ3v) is 6.57. The van der Waals surface area contributed by atoms with E-state index < -0.39 is 10.0 Å². The first-order valence-electron chi connectivity index (χ1n) is 8.60. The van der Waals surface area contributed by atoms with E-state index in [0.29, 0.717) is 35.0 Å². The smallest absolute Gasteiger partial charge is 0.220 e. The maximum atomic E-state index is 12.9. The minimum absolute atomic E-state index is 0.202. The summed E-state index contributed by atoms with van der Waals surface area (Å²) in [6.07, 6.45) is 4.31. The summed E-state index contributed by atoms with van der Waals surface area (Å²) in [5, 5.41) is 5.06. The van der Waals surface area contributed by atoms with E-state index in [9.17, 15) is 8.42 Å². The molecule has 9 heteroatoms. The maximum Gasteiger partial charge on any atom is 0.220 e. The van der Waals surface area contributed by atoms with Gasteiger partial charge in [-0.2, -0.15) is 4.31 Å². The number of piperidine rings is 1. The second-order valence-electron chi connectivity index (χ2n) is 6.43. The number of nitrogens with zero attached hydrogens (tertiary/aromatic N) is 3. The van der Waals surface area contributed by atoms with Crippen molar-refractivity contribution in [1.29, 1.82) is 0 Å². The quantitative estimate of drug-likeness (QED) is 0.645. The zero-order chi connectivity index (χ0) is 18.9. The van der Waals surface area contributed by atoms with Gasteiger partial charge in [0.1, 0.15) is 28.3 Å². The van der Waals surface area contributed by atoms with E-state index in [-0.39, 0.29) is 18.4 Å². The summed E-state index contributed by atoms with van der Waals surface area (Å²) < 4.78 is 38.4. The zero-order valence-corrected chi connectivity index (χ0v) is 16.0. The number of fused-ring (bicyclic) bond motifs is 1. The van der Waals surface area contributed by atoms with E-state index >= 15 is 0 Å². The normalized spacial score (nSPS) is 18.6. The Labute approximate surface area is 161 Å². The highest BCUT2D eigenvalue weighted by Gasteiger charge is 2.31. The monoisotopic (exact) mass is 407 g/mol. The van der Waals surface area contributed by atoms with Crippen LogP contribution in [0.5, 0.6) is 5.75 Å². The van der Waals surface area contributed by atoms with Crippen LogP contribution in [0.4, 0.5) is 0 Å². The fraction of sp³-hybridized carbons (Fsp3) is 0.333. The molecule has 1 aliphatic heterocycles. The SMILES string of the molecule is O=S(=O)(Cc1noc2ccccc12)N1CCCC(Oc2ccncc2Cl)C1. The fourth-order valence-electron chi connectivity index (χ4n) is 3.20. The molecular weight excluding hydrogens is 390 g/mol. The Morgan fingerprint density at radius 1 is 1.30 bits per heavy atom. The molecule has 0 aliphatic carbocycles. The van der Waals surface area contributed by atoms with Gasteiger partial charge in [0.25, 0.3) is 0 Å². The van der Waals surface area contributed by atoms with Gasteiger partial charge in [-0.25, -0.2) is 8.42 Å². The lowest BCUT2D eigenvalue weighted by Gasteiger charge is -2.32. The van der Waals surface area contributed by atoms with Gasteiger partial charge < -0.3 is 9.26 Å². The molecule has 0 bridgehead atoms. The second-order valence-corrected chi connectivity index (χ2v) is 8.80. The molecule has 4 rings (SSSR count). The highest BCUT2D eigenvalue weighted by Crippen LogP contribution is 2.27. The summed E-state index contributed by atoms with van der Waals surface area (Å²) in [5.74, 6) is 0.311. The van der Waals surface area contributed by atoms with Gasteiger partial charge in [0.2, 0.25) is 10.0 Å². The van der Waals surface area contributed by atoms with E-state index in [4.69, 9.17) is 20.9 Å². The lowest BCUT2D eigenvalue weighted by Crippen LogP contribution is -2.44. The topological polar surface area (TPSA) is 85.5 Å². The van der Waals surface area contributed by atoms with Gasteiger partial charge in [0.05, 0.1) is 6.54 Å². The molecule has 2 aromatic heterocycles. The van der Waals surface area contributed by atoms with Gasteiger partial charge in [-0.15, -0.1) is 0 Å². The van der Waals surface area contributed by atoms with Crippen molar-refractivity contribution in [2.24, 2.45) is 0 Å². The summed E-state index contributed by atoms with van der Waals surface area (Å²) in [6, 6.07) is 8.91. The Hall–Kier alpha value is -2.16. The van der Waals surface area contributed by atoms with Gasteiger partial charge in [-0.05, 0) is 25.0 Å². The molecule has 0 radical (unpaired) electrons. The summed E-state index contributed by atoms with van der Waals surface area (Å²) >= 11 is 6.08. The number of aromatic nitrogens is 2. The number of benzene rings is 1. The molecule has 0 amide bonds. The largest absolute Gasteiger partial charge is 0.487 e. The van der Waals surface area contributed by atoms with Gasteiger partial charge >= 0.3 is 0 Å². The van der Waals surface area contributed by atoms with Gasteiger partial charge in [-0.1, -0.05) is 28.9 Å². The average Bonchev–Trinajstić information content (AvgIpc) is 3.06. The molecule has 0 N–H and O–H groups in total. The van der Waals surface area contributed by atoms with Crippen molar-refractivity contribution in [3.8, 4) is 5.75 Å². The van der Waals surface area contributed by atoms with Crippen LogP contribution in [0.2, 0.25) is 5.02 Å². The predicted molar refractivity (Wildman–Crippen MR) is 101 cm³/mol. The molecule has 0 spiro atoms. The molecule has 1 saturated heterocycles. The van der Waals surface area contributed by atoms with E-state index in [0.717, 1.165) is 11.8 Å². The number of sulfonamides is 1. The number of hydrogen-bond donors (Lipinski definition) is 0. The number of hydrogen-bond acceptors (Lipinski definition) is 6. The summed E-state index contributed by atoms with van der Waals surface area (Å²) in [6.45, 7) is 0.735.